The van der Waals surface area contributed by atoms with Gasteiger partial charge in [0, 0.05) is 13.2 Å². The van der Waals surface area contributed by atoms with Crippen LogP contribution in [0.1, 0.15) is 31.4 Å². The Kier molecular flexibility index (Phi) is 8.70. The van der Waals surface area contributed by atoms with E-state index >= 15 is 0 Å². The van der Waals surface area contributed by atoms with Gasteiger partial charge in [0.1, 0.15) is 0 Å². The van der Waals surface area contributed by atoms with Gasteiger partial charge in [-0.2, -0.15) is 13.2 Å². The smallest absolute Gasteiger partial charge is 0.379 e. The molecule has 0 aliphatic carbocycles. The average Bonchev–Trinajstić information content (AvgIpc) is 2.47. The van der Waals surface area contributed by atoms with E-state index in [-0.39, 0.29) is 0 Å². The summed E-state index contributed by atoms with van der Waals surface area (Å²) in [5, 5.41) is 0. The minimum Gasteiger partial charge on any atom is -0.379 e. The molecule has 1 aromatic rings. The maximum atomic E-state index is 12.6. The zero-order valence-corrected chi connectivity index (χ0v) is 14.4. The van der Waals surface area contributed by atoms with Gasteiger partial charge in [0.15, 0.2) is 9.76 Å². The van der Waals surface area contributed by atoms with E-state index < -0.39 is 28.0 Å². The van der Waals surface area contributed by atoms with E-state index in [0.29, 0.717) is 25.2 Å². The van der Waals surface area contributed by atoms with E-state index in [1.165, 1.54) is 12.1 Å². The second-order valence-corrected chi connectivity index (χ2v) is 6.17. The standard InChI is InChI=1S/C15H23F3O3Si/c1-3-19-14(20-4-2)21-22-10-6-8-12-7-5-9-13(11-12)15(16,17)18/h5,7,9,11,14H,3-4,6,8,10,22H2,1-2H3. The lowest BCUT2D eigenvalue weighted by Crippen LogP contribution is -2.23. The van der Waals surface area contributed by atoms with E-state index in [1.807, 2.05) is 13.8 Å². The summed E-state index contributed by atoms with van der Waals surface area (Å²) >= 11 is 0. The molecule has 0 atom stereocenters. The van der Waals surface area contributed by atoms with Gasteiger partial charge in [-0.3, -0.25) is 0 Å². The zero-order valence-electron chi connectivity index (χ0n) is 13.0. The van der Waals surface area contributed by atoms with Crippen LogP contribution in [0, 0.1) is 0 Å². The molecular weight excluding hydrogens is 313 g/mol. The average molecular weight is 336 g/mol. The van der Waals surface area contributed by atoms with Crippen molar-refractivity contribution in [1.29, 1.82) is 0 Å². The van der Waals surface area contributed by atoms with Gasteiger partial charge < -0.3 is 13.9 Å². The third-order valence-electron chi connectivity index (χ3n) is 2.97. The third kappa shape index (κ3) is 7.39. The van der Waals surface area contributed by atoms with Crippen LogP contribution in [0.2, 0.25) is 6.04 Å². The first-order valence-electron chi connectivity index (χ1n) is 7.48. The Hall–Kier alpha value is -0.893. The molecule has 0 saturated carbocycles. The molecule has 22 heavy (non-hydrogen) atoms. The summed E-state index contributed by atoms with van der Waals surface area (Å²) in [6.45, 7) is 4.16. The highest BCUT2D eigenvalue weighted by Crippen LogP contribution is 2.29. The lowest BCUT2D eigenvalue weighted by Gasteiger charge is -2.17. The lowest BCUT2D eigenvalue weighted by molar-refractivity contribution is -0.243. The summed E-state index contributed by atoms with van der Waals surface area (Å²) in [4.78, 5) is 0. The summed E-state index contributed by atoms with van der Waals surface area (Å²) in [5.41, 5.74) is 0.112. The fourth-order valence-electron chi connectivity index (χ4n) is 1.93. The number of hydrogen-bond acceptors (Lipinski definition) is 3. The Balaban J connectivity index is 2.30. The molecule has 0 saturated heterocycles. The predicted octanol–water partition coefficient (Wildman–Crippen LogP) is 3.51. The van der Waals surface area contributed by atoms with Crippen LogP contribution in [0.15, 0.2) is 24.3 Å². The minimum absolute atomic E-state index is 0.517. The number of benzene rings is 1. The Bertz CT molecular complexity index is 421. The van der Waals surface area contributed by atoms with Gasteiger partial charge in [0.05, 0.1) is 5.56 Å². The van der Waals surface area contributed by atoms with Crippen molar-refractivity contribution in [2.75, 3.05) is 13.2 Å². The quantitative estimate of drug-likeness (QED) is 0.372. The van der Waals surface area contributed by atoms with Crippen molar-refractivity contribution >= 4 is 9.76 Å². The van der Waals surface area contributed by atoms with Crippen LogP contribution in [0.5, 0.6) is 0 Å². The van der Waals surface area contributed by atoms with E-state index in [4.69, 9.17) is 13.9 Å². The molecule has 0 amide bonds. The van der Waals surface area contributed by atoms with Crippen molar-refractivity contribution in [3.63, 3.8) is 0 Å². The molecule has 0 bridgehead atoms. The van der Waals surface area contributed by atoms with Crippen molar-refractivity contribution in [2.45, 2.75) is 45.4 Å². The van der Waals surface area contributed by atoms with Crippen molar-refractivity contribution < 1.29 is 27.1 Å². The van der Waals surface area contributed by atoms with Crippen LogP contribution >= 0.6 is 0 Å². The van der Waals surface area contributed by atoms with Crippen LogP contribution in [0.25, 0.3) is 0 Å². The van der Waals surface area contributed by atoms with Gasteiger partial charge >= 0.3 is 6.18 Å². The van der Waals surface area contributed by atoms with E-state index in [9.17, 15) is 13.2 Å². The Morgan fingerprint density at radius 3 is 2.41 bits per heavy atom. The topological polar surface area (TPSA) is 27.7 Å². The molecule has 0 aliphatic rings. The highest BCUT2D eigenvalue weighted by Gasteiger charge is 2.30. The first kappa shape index (κ1) is 19.2. The summed E-state index contributed by atoms with van der Waals surface area (Å²) in [6.07, 6.45) is -2.86. The van der Waals surface area contributed by atoms with Crippen molar-refractivity contribution in [1.82, 2.24) is 0 Å². The Morgan fingerprint density at radius 1 is 1.14 bits per heavy atom. The van der Waals surface area contributed by atoms with Gasteiger partial charge in [0.2, 0.25) is 0 Å². The molecule has 1 rings (SSSR count). The first-order chi connectivity index (χ1) is 10.5. The number of alkyl halides is 3. The number of hydrogen-bond donors (Lipinski definition) is 0. The van der Waals surface area contributed by atoms with Crippen LogP contribution in [0.3, 0.4) is 0 Å². The second-order valence-electron chi connectivity index (χ2n) is 4.73. The van der Waals surface area contributed by atoms with E-state index in [2.05, 4.69) is 0 Å². The number of rotatable bonds is 10. The third-order valence-corrected chi connectivity index (χ3v) is 4.27. The van der Waals surface area contributed by atoms with E-state index in [0.717, 1.165) is 18.5 Å². The Labute approximate surface area is 131 Å². The summed E-state index contributed by atoms with van der Waals surface area (Å²) in [5.74, 6) is 0. The van der Waals surface area contributed by atoms with Crippen molar-refractivity contribution in [2.24, 2.45) is 0 Å². The Morgan fingerprint density at radius 2 is 1.82 bits per heavy atom. The first-order valence-corrected chi connectivity index (χ1v) is 9.06. The molecule has 1 aromatic carbocycles. The summed E-state index contributed by atoms with van der Waals surface area (Å²) in [6, 6.07) is 6.35. The fraction of sp³-hybridized carbons (Fsp3) is 0.600. The summed E-state index contributed by atoms with van der Waals surface area (Å²) in [7, 11) is -0.802. The molecule has 0 aromatic heterocycles. The number of aryl methyl sites for hydroxylation is 1. The molecular formula is C15H23F3O3Si. The molecule has 0 spiro atoms. The van der Waals surface area contributed by atoms with Crippen molar-refractivity contribution in [3.05, 3.63) is 35.4 Å². The number of ether oxygens (including phenoxy) is 2. The van der Waals surface area contributed by atoms with Gasteiger partial charge in [-0.1, -0.05) is 24.6 Å². The lowest BCUT2D eigenvalue weighted by atomic mass is 10.1. The molecule has 0 fully saturated rings. The van der Waals surface area contributed by atoms with Crippen LogP contribution in [-0.4, -0.2) is 29.5 Å². The van der Waals surface area contributed by atoms with Gasteiger partial charge in [0.25, 0.3) is 6.48 Å². The van der Waals surface area contributed by atoms with Crippen molar-refractivity contribution in [3.8, 4) is 0 Å². The van der Waals surface area contributed by atoms with E-state index in [1.54, 1.807) is 6.07 Å². The molecule has 0 heterocycles. The van der Waals surface area contributed by atoms with Crippen LogP contribution in [-0.2, 0) is 26.5 Å². The van der Waals surface area contributed by atoms with Crippen LogP contribution in [0.4, 0.5) is 13.2 Å². The van der Waals surface area contributed by atoms with Crippen LogP contribution < -0.4 is 0 Å². The van der Waals surface area contributed by atoms with Gasteiger partial charge in [-0.05, 0) is 37.9 Å². The largest absolute Gasteiger partial charge is 0.416 e. The maximum Gasteiger partial charge on any atom is 0.416 e. The predicted molar refractivity (Wildman–Crippen MR) is 81.2 cm³/mol. The summed E-state index contributed by atoms with van der Waals surface area (Å²) < 4.78 is 53.9. The fourth-order valence-corrected chi connectivity index (χ4v) is 2.94. The number of halogens is 3. The highest BCUT2D eigenvalue weighted by atomic mass is 28.2. The second kappa shape index (κ2) is 9.99. The molecule has 126 valence electrons. The molecule has 0 unspecified atom stereocenters. The molecule has 0 radical (unpaired) electrons. The van der Waals surface area contributed by atoms with Gasteiger partial charge in [-0.15, -0.1) is 0 Å². The molecule has 0 aliphatic heterocycles. The normalized spacial score (nSPS) is 12.6. The molecule has 3 nitrogen and oxygen atoms in total. The molecule has 7 heteroatoms. The highest BCUT2D eigenvalue weighted by molar-refractivity contribution is 6.27. The van der Waals surface area contributed by atoms with Gasteiger partial charge in [-0.25, -0.2) is 0 Å². The zero-order chi connectivity index (χ0) is 16.4. The molecule has 0 N–H and O–H groups in total. The maximum absolute atomic E-state index is 12.6. The SMILES string of the molecule is CCOC(OCC)O[SiH2]CCCc1cccc(C(F)(F)F)c1. The minimum atomic E-state index is -4.28. The monoisotopic (exact) mass is 336 g/mol.